The van der Waals surface area contributed by atoms with Gasteiger partial charge in [0.05, 0.1) is 28.6 Å². The Morgan fingerprint density at radius 2 is 0.672 bits per heavy atom. The van der Waals surface area contributed by atoms with Crippen LogP contribution >= 0.6 is 0 Å². The van der Waals surface area contributed by atoms with Crippen molar-refractivity contribution in [3.8, 4) is 67.1 Å². The molecule has 12 aromatic rings. The summed E-state index contributed by atoms with van der Waals surface area (Å²) >= 11 is 0. The minimum Gasteiger partial charge on any atom is -0.317 e. The van der Waals surface area contributed by atoms with Crippen LogP contribution in [0.1, 0.15) is 0 Å². The van der Waals surface area contributed by atoms with Crippen LogP contribution in [0.2, 0.25) is 0 Å². The van der Waals surface area contributed by atoms with Crippen LogP contribution in [0, 0.1) is 0 Å². The summed E-state index contributed by atoms with van der Waals surface area (Å²) in [5.41, 5.74) is 19.0. The number of hydrogen-bond donors (Lipinski definition) is 0. The number of hydrogen-bond acceptors (Lipinski definition) is 2. The summed E-state index contributed by atoms with van der Waals surface area (Å²) in [6.07, 6.45) is 6.33. The lowest BCUT2D eigenvalue weighted by molar-refractivity contribution is 1.13. The van der Waals surface area contributed by atoms with Gasteiger partial charge in [-0.2, -0.15) is 0 Å². The zero-order valence-electron chi connectivity index (χ0n) is 36.7. The normalized spacial score (nSPS) is 11.3. The third-order valence-corrected chi connectivity index (χ3v) is 12.8. The molecule has 3 heterocycles. The Hall–Kier alpha value is -8.99. The number of anilines is 3. The molecule has 0 saturated heterocycles. The molecule has 0 N–H and O–H groups in total. The Labute approximate surface area is 390 Å². The molecule has 0 bridgehead atoms. The fourth-order valence-corrected chi connectivity index (χ4v) is 9.38. The molecule has 0 aliphatic heterocycles. The van der Waals surface area contributed by atoms with Crippen molar-refractivity contribution < 1.29 is 0 Å². The number of nitrogens with zero attached hydrogens (tertiary/aromatic N) is 4. The lowest BCUT2D eigenvalue weighted by atomic mass is 9.94. The van der Waals surface area contributed by atoms with E-state index < -0.39 is 0 Å². The van der Waals surface area contributed by atoms with Gasteiger partial charge in [0, 0.05) is 51.5 Å². The van der Waals surface area contributed by atoms with E-state index in [1.165, 1.54) is 44.1 Å². The summed E-state index contributed by atoms with van der Waals surface area (Å²) in [7, 11) is 0. The third kappa shape index (κ3) is 7.77. The summed E-state index contributed by atoms with van der Waals surface area (Å²) in [4.78, 5) is 7.53. The van der Waals surface area contributed by atoms with Gasteiger partial charge in [-0.05, 0) is 160 Å². The standard InChI is InChI=1S/C63H44N4/c1-5-13-45(14-6-1)47-21-27-58(28-22-47)67(59-29-23-48(24-30-59)46-15-7-2-8-16-46)60-31-32-61(64-44-60)55-42-53(49-25-33-62-51(39-49)35-37-65(62)56-17-9-3-10-18-56)41-54(43-55)50-26-34-63-52(40-50)36-38-66(63)57-19-11-4-12-20-57/h1-44H. The quantitative estimate of drug-likeness (QED) is 0.137. The van der Waals surface area contributed by atoms with E-state index in [1.54, 1.807) is 0 Å². The fourth-order valence-electron chi connectivity index (χ4n) is 9.38. The van der Waals surface area contributed by atoms with E-state index in [-0.39, 0.29) is 0 Å². The van der Waals surface area contributed by atoms with Gasteiger partial charge in [-0.1, -0.05) is 133 Å². The number of aromatic nitrogens is 3. The first kappa shape index (κ1) is 39.6. The first-order valence-electron chi connectivity index (χ1n) is 22.8. The molecule has 9 aromatic carbocycles. The van der Waals surface area contributed by atoms with Gasteiger partial charge in [0.15, 0.2) is 0 Å². The number of benzene rings is 9. The molecule has 0 radical (unpaired) electrons. The van der Waals surface area contributed by atoms with Crippen LogP contribution < -0.4 is 4.90 Å². The van der Waals surface area contributed by atoms with Crippen molar-refractivity contribution in [2.24, 2.45) is 0 Å². The van der Waals surface area contributed by atoms with E-state index in [0.29, 0.717) is 0 Å². The van der Waals surface area contributed by atoms with Crippen molar-refractivity contribution in [2.75, 3.05) is 4.90 Å². The molecule has 0 aliphatic rings. The molecule has 3 aromatic heterocycles. The predicted octanol–water partition coefficient (Wildman–Crippen LogP) is 16.8. The van der Waals surface area contributed by atoms with Crippen molar-refractivity contribution in [1.82, 2.24) is 14.1 Å². The minimum absolute atomic E-state index is 0.901. The van der Waals surface area contributed by atoms with Crippen molar-refractivity contribution in [3.05, 3.63) is 267 Å². The van der Waals surface area contributed by atoms with Crippen LogP contribution in [0.5, 0.6) is 0 Å². The Bertz CT molecular complexity index is 3410. The molecular weight excluding hydrogens is 813 g/mol. The number of rotatable bonds is 10. The van der Waals surface area contributed by atoms with Gasteiger partial charge in [-0.15, -0.1) is 0 Å². The van der Waals surface area contributed by atoms with Crippen LogP contribution in [0.25, 0.3) is 88.9 Å². The van der Waals surface area contributed by atoms with Gasteiger partial charge in [-0.3, -0.25) is 4.98 Å². The molecule has 0 fully saturated rings. The Kier molecular flexibility index (Phi) is 10.2. The summed E-state index contributed by atoms with van der Waals surface area (Å²) in [5, 5.41) is 2.38. The van der Waals surface area contributed by atoms with E-state index in [1.807, 2.05) is 6.20 Å². The van der Waals surface area contributed by atoms with Gasteiger partial charge < -0.3 is 14.0 Å². The van der Waals surface area contributed by atoms with Gasteiger partial charge in [0.2, 0.25) is 0 Å². The zero-order valence-corrected chi connectivity index (χ0v) is 36.7. The summed E-state index contributed by atoms with van der Waals surface area (Å²) in [5.74, 6) is 0. The smallest absolute Gasteiger partial charge is 0.0704 e. The molecule has 12 rings (SSSR count). The highest BCUT2D eigenvalue weighted by atomic mass is 15.1. The van der Waals surface area contributed by atoms with Crippen molar-refractivity contribution in [3.63, 3.8) is 0 Å². The highest BCUT2D eigenvalue weighted by Crippen LogP contribution is 2.39. The highest BCUT2D eigenvalue weighted by Gasteiger charge is 2.17. The van der Waals surface area contributed by atoms with Crippen LogP contribution in [-0.4, -0.2) is 14.1 Å². The second kappa shape index (κ2) is 17.2. The van der Waals surface area contributed by atoms with Crippen LogP contribution in [0.3, 0.4) is 0 Å². The van der Waals surface area contributed by atoms with Crippen LogP contribution in [0.4, 0.5) is 17.1 Å². The molecule has 0 unspecified atom stereocenters. The molecule has 316 valence electrons. The molecule has 4 nitrogen and oxygen atoms in total. The Morgan fingerprint density at radius 3 is 1.10 bits per heavy atom. The lowest BCUT2D eigenvalue weighted by Gasteiger charge is -2.26. The van der Waals surface area contributed by atoms with E-state index in [0.717, 1.165) is 61.9 Å². The van der Waals surface area contributed by atoms with E-state index >= 15 is 0 Å². The van der Waals surface area contributed by atoms with E-state index in [4.69, 9.17) is 4.98 Å². The SMILES string of the molecule is c1ccc(-c2ccc(N(c3ccc(-c4ccccc4)cc3)c3ccc(-c4cc(-c5ccc6c(ccn6-c6ccccc6)c5)cc(-c5ccc6c(ccn6-c6ccccc6)c5)c4)nc3)cc2)cc1. The molecule has 0 atom stereocenters. The zero-order chi connectivity index (χ0) is 44.5. The van der Waals surface area contributed by atoms with Crippen molar-refractivity contribution >= 4 is 38.9 Å². The average Bonchev–Trinajstić information content (AvgIpc) is 4.05. The van der Waals surface area contributed by atoms with Crippen molar-refractivity contribution in [1.29, 1.82) is 0 Å². The van der Waals surface area contributed by atoms with Crippen molar-refractivity contribution in [2.45, 2.75) is 0 Å². The van der Waals surface area contributed by atoms with Gasteiger partial charge >= 0.3 is 0 Å². The molecule has 0 aliphatic carbocycles. The molecule has 4 heteroatoms. The van der Waals surface area contributed by atoms with E-state index in [2.05, 4.69) is 275 Å². The fraction of sp³-hybridized carbons (Fsp3) is 0. The maximum Gasteiger partial charge on any atom is 0.0704 e. The average molecular weight is 857 g/mol. The number of fused-ring (bicyclic) bond motifs is 2. The van der Waals surface area contributed by atoms with Gasteiger partial charge in [0.1, 0.15) is 0 Å². The monoisotopic (exact) mass is 856 g/mol. The van der Waals surface area contributed by atoms with Crippen LogP contribution in [-0.2, 0) is 0 Å². The van der Waals surface area contributed by atoms with Gasteiger partial charge in [0.25, 0.3) is 0 Å². The topological polar surface area (TPSA) is 26.0 Å². The second-order valence-electron chi connectivity index (χ2n) is 17.0. The van der Waals surface area contributed by atoms with Gasteiger partial charge in [-0.25, -0.2) is 0 Å². The Morgan fingerprint density at radius 1 is 0.284 bits per heavy atom. The molecule has 0 amide bonds. The largest absolute Gasteiger partial charge is 0.317 e. The molecular formula is C63H44N4. The molecule has 67 heavy (non-hydrogen) atoms. The van der Waals surface area contributed by atoms with Crippen LogP contribution in [0.15, 0.2) is 267 Å². The lowest BCUT2D eigenvalue weighted by Crippen LogP contribution is -2.10. The Balaban J connectivity index is 0.946. The molecule has 0 saturated carbocycles. The minimum atomic E-state index is 0.901. The summed E-state index contributed by atoms with van der Waals surface area (Å²) in [6, 6.07) is 89.0. The maximum atomic E-state index is 5.25. The maximum absolute atomic E-state index is 5.25. The summed E-state index contributed by atoms with van der Waals surface area (Å²) in [6.45, 7) is 0. The third-order valence-electron chi connectivity index (χ3n) is 12.8. The number of pyridine rings is 1. The van der Waals surface area contributed by atoms with E-state index in [9.17, 15) is 0 Å². The highest BCUT2D eigenvalue weighted by molar-refractivity contribution is 5.92. The second-order valence-corrected chi connectivity index (χ2v) is 17.0. The molecule has 0 spiro atoms. The summed E-state index contributed by atoms with van der Waals surface area (Å²) < 4.78 is 4.50. The predicted molar refractivity (Wildman–Crippen MR) is 280 cm³/mol. The first-order chi connectivity index (χ1) is 33.2. The first-order valence-corrected chi connectivity index (χ1v) is 22.8. The number of para-hydroxylation sites is 2.